The maximum atomic E-state index is 12.4. The number of rotatable bonds is 7. The second-order valence-electron chi connectivity index (χ2n) is 7.83. The summed E-state index contributed by atoms with van der Waals surface area (Å²) in [6, 6.07) is 16.8. The smallest absolute Gasteiger partial charge is 0.260 e. The molecule has 0 spiro atoms. The molecule has 2 aromatic carbocycles. The zero-order chi connectivity index (χ0) is 23.5. The second kappa shape index (κ2) is 9.40. The Hall–Kier alpha value is -3.39. The molecule has 0 atom stereocenters. The van der Waals surface area contributed by atoms with Gasteiger partial charge in [0.1, 0.15) is 6.54 Å². The molecule has 1 heterocycles. The number of para-hydroxylation sites is 1. The van der Waals surface area contributed by atoms with Crippen molar-refractivity contribution in [1.29, 1.82) is 0 Å². The number of hydrogen-bond donors (Lipinski definition) is 1. The molecule has 8 heteroatoms. The molecule has 0 saturated carbocycles. The van der Waals surface area contributed by atoms with Crippen molar-refractivity contribution in [3.05, 3.63) is 82.7 Å². The number of benzene rings is 2. The molecule has 0 aliphatic heterocycles. The van der Waals surface area contributed by atoms with Crippen molar-refractivity contribution in [1.82, 2.24) is 9.99 Å². The van der Waals surface area contributed by atoms with E-state index in [1.807, 2.05) is 19.9 Å². The monoisotopic (exact) mass is 452 g/mol. The third-order valence-corrected chi connectivity index (χ3v) is 6.48. The highest BCUT2D eigenvalue weighted by Crippen LogP contribution is 2.22. The molecule has 3 rings (SSSR count). The number of nitrogens with zero attached hydrogens (tertiary/aromatic N) is 3. The van der Waals surface area contributed by atoms with Crippen molar-refractivity contribution < 1.29 is 13.2 Å². The summed E-state index contributed by atoms with van der Waals surface area (Å²) in [5.41, 5.74) is 9.27. The van der Waals surface area contributed by atoms with Crippen LogP contribution in [0.25, 0.3) is 5.69 Å². The summed E-state index contributed by atoms with van der Waals surface area (Å²) in [6.07, 6.45) is 2.64. The lowest BCUT2D eigenvalue weighted by Gasteiger charge is -2.21. The van der Waals surface area contributed by atoms with Gasteiger partial charge < -0.3 is 4.57 Å². The number of hydrazone groups is 1. The van der Waals surface area contributed by atoms with E-state index in [0.29, 0.717) is 5.69 Å². The fourth-order valence-electron chi connectivity index (χ4n) is 3.51. The van der Waals surface area contributed by atoms with Crippen LogP contribution in [0.2, 0.25) is 0 Å². The Morgan fingerprint density at radius 3 is 2.34 bits per heavy atom. The Labute approximate surface area is 189 Å². The number of hydrogen-bond acceptors (Lipinski definition) is 4. The van der Waals surface area contributed by atoms with Crippen LogP contribution in [-0.4, -0.2) is 37.9 Å². The molecule has 168 valence electrons. The molecule has 0 unspecified atom stereocenters. The lowest BCUT2D eigenvalue weighted by Crippen LogP contribution is -2.38. The molecule has 1 amide bonds. The van der Waals surface area contributed by atoms with Gasteiger partial charge in [-0.15, -0.1) is 0 Å². The number of aromatic nitrogens is 1. The quantitative estimate of drug-likeness (QED) is 0.439. The molecule has 0 saturated heterocycles. The second-order valence-corrected chi connectivity index (χ2v) is 9.74. The fraction of sp³-hybridized carbons (Fsp3) is 0.250. The standard InChI is InChI=1S/C24H28N4O3S/c1-17-11-12-23(13-18(17)2)28-19(3)14-21(20(28)4)15-25-26-24(29)16-27(32(5,30)31)22-9-7-6-8-10-22/h6-15H,16H2,1-5H3,(H,26,29)/b25-15+. The first-order valence-corrected chi connectivity index (χ1v) is 12.0. The Bertz CT molecular complexity index is 1260. The van der Waals surface area contributed by atoms with Crippen LogP contribution in [-0.2, 0) is 14.8 Å². The summed E-state index contributed by atoms with van der Waals surface area (Å²) < 4.78 is 27.4. The minimum absolute atomic E-state index is 0.359. The van der Waals surface area contributed by atoms with E-state index in [-0.39, 0.29) is 6.54 Å². The number of anilines is 1. The Morgan fingerprint density at radius 2 is 1.72 bits per heavy atom. The van der Waals surface area contributed by atoms with Gasteiger partial charge in [0.2, 0.25) is 10.0 Å². The van der Waals surface area contributed by atoms with Crippen molar-refractivity contribution in [2.75, 3.05) is 17.1 Å². The van der Waals surface area contributed by atoms with Gasteiger partial charge in [0, 0.05) is 22.6 Å². The summed E-state index contributed by atoms with van der Waals surface area (Å²) in [7, 11) is -3.62. The van der Waals surface area contributed by atoms with Gasteiger partial charge >= 0.3 is 0 Å². The van der Waals surface area contributed by atoms with Crippen molar-refractivity contribution in [2.45, 2.75) is 27.7 Å². The van der Waals surface area contributed by atoms with Crippen LogP contribution in [0.5, 0.6) is 0 Å². The zero-order valence-corrected chi connectivity index (χ0v) is 19.8. The van der Waals surface area contributed by atoms with Gasteiger partial charge in [0.05, 0.1) is 18.2 Å². The first-order chi connectivity index (χ1) is 15.1. The molecule has 0 radical (unpaired) electrons. The molecule has 3 aromatic rings. The van der Waals surface area contributed by atoms with E-state index < -0.39 is 15.9 Å². The van der Waals surface area contributed by atoms with E-state index in [2.05, 4.69) is 47.1 Å². The summed E-state index contributed by atoms with van der Waals surface area (Å²) >= 11 is 0. The molecule has 32 heavy (non-hydrogen) atoms. The van der Waals surface area contributed by atoms with Crippen LogP contribution in [0.1, 0.15) is 28.1 Å². The van der Waals surface area contributed by atoms with Crippen LogP contribution in [0.3, 0.4) is 0 Å². The minimum Gasteiger partial charge on any atom is -0.318 e. The normalized spacial score (nSPS) is 11.7. The van der Waals surface area contributed by atoms with Crippen molar-refractivity contribution in [2.24, 2.45) is 5.10 Å². The van der Waals surface area contributed by atoms with Gasteiger partial charge in [-0.2, -0.15) is 5.10 Å². The zero-order valence-electron chi connectivity index (χ0n) is 19.0. The van der Waals surface area contributed by atoms with E-state index in [1.165, 1.54) is 11.1 Å². The third kappa shape index (κ3) is 5.26. The minimum atomic E-state index is -3.62. The summed E-state index contributed by atoms with van der Waals surface area (Å²) in [5, 5.41) is 4.05. The van der Waals surface area contributed by atoms with E-state index in [9.17, 15) is 13.2 Å². The number of aryl methyl sites for hydroxylation is 3. The Kier molecular flexibility index (Phi) is 6.84. The largest absolute Gasteiger partial charge is 0.318 e. The van der Waals surface area contributed by atoms with Gasteiger partial charge in [-0.25, -0.2) is 13.8 Å². The predicted molar refractivity (Wildman–Crippen MR) is 129 cm³/mol. The highest BCUT2D eigenvalue weighted by molar-refractivity contribution is 7.92. The highest BCUT2D eigenvalue weighted by atomic mass is 32.2. The number of nitrogens with one attached hydrogen (secondary N) is 1. The van der Waals surface area contributed by atoms with Gasteiger partial charge in [-0.3, -0.25) is 9.10 Å². The lowest BCUT2D eigenvalue weighted by molar-refractivity contribution is -0.119. The third-order valence-electron chi connectivity index (χ3n) is 5.34. The average Bonchev–Trinajstić information content (AvgIpc) is 3.01. The lowest BCUT2D eigenvalue weighted by atomic mass is 10.1. The van der Waals surface area contributed by atoms with E-state index >= 15 is 0 Å². The number of sulfonamides is 1. The fourth-order valence-corrected chi connectivity index (χ4v) is 4.37. The van der Waals surface area contributed by atoms with E-state index in [1.54, 1.807) is 36.5 Å². The van der Waals surface area contributed by atoms with Crippen LogP contribution < -0.4 is 9.73 Å². The molecule has 7 nitrogen and oxygen atoms in total. The molecule has 0 fully saturated rings. The van der Waals surface area contributed by atoms with Crippen molar-refractivity contribution >= 4 is 27.8 Å². The van der Waals surface area contributed by atoms with Crippen molar-refractivity contribution in [3.8, 4) is 5.69 Å². The Balaban J connectivity index is 1.74. The molecule has 0 bridgehead atoms. The van der Waals surface area contributed by atoms with Crippen LogP contribution in [0.4, 0.5) is 5.69 Å². The van der Waals surface area contributed by atoms with Gasteiger partial charge in [-0.1, -0.05) is 24.3 Å². The van der Waals surface area contributed by atoms with Gasteiger partial charge in [-0.05, 0) is 69.2 Å². The maximum absolute atomic E-state index is 12.4. The van der Waals surface area contributed by atoms with E-state index in [4.69, 9.17) is 0 Å². The summed E-state index contributed by atoms with van der Waals surface area (Å²) in [5.74, 6) is -0.529. The molecular weight excluding hydrogens is 424 g/mol. The van der Waals surface area contributed by atoms with E-state index in [0.717, 1.165) is 33.2 Å². The number of carbonyl (C=O) groups excluding carboxylic acids is 1. The summed E-state index contributed by atoms with van der Waals surface area (Å²) in [4.78, 5) is 12.4. The molecule has 0 aliphatic rings. The first-order valence-electron chi connectivity index (χ1n) is 10.2. The summed E-state index contributed by atoms with van der Waals surface area (Å²) in [6.45, 7) is 7.81. The van der Waals surface area contributed by atoms with Crippen molar-refractivity contribution in [3.63, 3.8) is 0 Å². The van der Waals surface area contributed by atoms with Crippen LogP contribution >= 0.6 is 0 Å². The molecule has 1 aromatic heterocycles. The van der Waals surface area contributed by atoms with Gasteiger partial charge in [0.25, 0.3) is 5.91 Å². The number of carbonyl (C=O) groups is 1. The molecular formula is C24H28N4O3S. The van der Waals surface area contributed by atoms with Crippen LogP contribution in [0.15, 0.2) is 59.7 Å². The van der Waals surface area contributed by atoms with Crippen LogP contribution in [0, 0.1) is 27.7 Å². The maximum Gasteiger partial charge on any atom is 0.260 e. The average molecular weight is 453 g/mol. The molecule has 1 N–H and O–H groups in total. The topological polar surface area (TPSA) is 83.8 Å². The first kappa shape index (κ1) is 23.3. The molecule has 0 aliphatic carbocycles. The SMILES string of the molecule is Cc1ccc(-n2c(C)cc(/C=N/NC(=O)CN(c3ccccc3)S(C)(=O)=O)c2C)cc1C. The predicted octanol–water partition coefficient (Wildman–Crippen LogP) is 3.63. The number of amides is 1. The highest BCUT2D eigenvalue weighted by Gasteiger charge is 2.20. The van der Waals surface area contributed by atoms with Gasteiger partial charge in [0.15, 0.2) is 0 Å². The Morgan fingerprint density at radius 1 is 1.03 bits per heavy atom.